The first kappa shape index (κ1) is 16.3. The van der Waals surface area contributed by atoms with E-state index in [1.54, 1.807) is 32.2 Å². The maximum atomic E-state index is 12.0. The molecule has 130 valence electrons. The summed E-state index contributed by atoms with van der Waals surface area (Å²) in [7, 11) is -3.28. The molecule has 1 heterocycles. The molecule has 2 saturated carbocycles. The Balaban J connectivity index is 1.57. The number of fused-ring (bicyclic) bond motifs is 2. The van der Waals surface area contributed by atoms with E-state index in [1.165, 1.54) is 0 Å². The molecule has 8 heteroatoms. The van der Waals surface area contributed by atoms with Gasteiger partial charge in [-0.05, 0) is 56.2 Å². The van der Waals surface area contributed by atoms with Crippen LogP contribution in [0.4, 0.5) is 0 Å². The van der Waals surface area contributed by atoms with Crippen LogP contribution >= 0.6 is 11.6 Å². The fourth-order valence-corrected chi connectivity index (χ4v) is 5.21. The summed E-state index contributed by atoms with van der Waals surface area (Å²) < 4.78 is 26.8. The highest BCUT2D eigenvalue weighted by Gasteiger charge is 2.62. The Kier molecular flexibility index (Phi) is 3.52. The van der Waals surface area contributed by atoms with Gasteiger partial charge in [0, 0.05) is 16.5 Å². The van der Waals surface area contributed by atoms with Crippen molar-refractivity contribution in [3.05, 3.63) is 28.9 Å². The lowest BCUT2D eigenvalue weighted by atomic mass is 9.86. The Bertz CT molecular complexity index is 896. The number of benzene rings is 1. The van der Waals surface area contributed by atoms with Crippen LogP contribution in [0, 0.1) is 11.8 Å². The molecule has 2 aliphatic carbocycles. The van der Waals surface area contributed by atoms with E-state index in [0.29, 0.717) is 17.9 Å². The minimum absolute atomic E-state index is 0.0586. The average Bonchev–Trinajstić information content (AvgIpc) is 2.90. The molecule has 0 bridgehead atoms. The number of aliphatic hydroxyl groups is 1. The average molecular weight is 370 g/mol. The molecule has 4 rings (SSSR count). The molecular weight excluding hydrogens is 350 g/mol. The van der Waals surface area contributed by atoms with E-state index >= 15 is 0 Å². The van der Waals surface area contributed by atoms with Gasteiger partial charge in [0.2, 0.25) is 10.0 Å². The maximum Gasteiger partial charge on any atom is 0.214 e. The lowest BCUT2D eigenvalue weighted by Gasteiger charge is -2.27. The van der Waals surface area contributed by atoms with Gasteiger partial charge in [-0.15, -0.1) is 0 Å². The monoisotopic (exact) mass is 369 g/mol. The summed E-state index contributed by atoms with van der Waals surface area (Å²) in [5.41, 5.74) is 0.585. The van der Waals surface area contributed by atoms with Crippen LogP contribution in [0.3, 0.4) is 0 Å². The molecule has 0 amide bonds. The van der Waals surface area contributed by atoms with Gasteiger partial charge in [0.1, 0.15) is 0 Å². The Morgan fingerprint density at radius 2 is 2.04 bits per heavy atom. The standard InChI is InChI=1S/C16H20ClN3O3S/c1-8(2)24(22,23)20-15-10-5-16(21,6-11(10)15)13-3-9(17)4-14-12(13)7-18-19-14/h3-4,7-8,10-11,15,20-21H,5-6H2,1-2H3,(H,18,19)/t10-,11+,15+,16-. The Hall–Kier alpha value is -1.15. The Morgan fingerprint density at radius 1 is 1.38 bits per heavy atom. The maximum absolute atomic E-state index is 12.0. The summed E-state index contributed by atoms with van der Waals surface area (Å²) in [5.74, 6) is 0.342. The number of aromatic amines is 1. The number of nitrogens with zero attached hydrogens (tertiary/aromatic N) is 1. The molecule has 0 saturated heterocycles. The number of rotatable bonds is 4. The van der Waals surface area contributed by atoms with E-state index < -0.39 is 20.9 Å². The first-order valence-electron chi connectivity index (χ1n) is 8.08. The molecule has 1 aromatic heterocycles. The van der Waals surface area contributed by atoms with E-state index in [-0.39, 0.29) is 17.9 Å². The number of sulfonamides is 1. The summed E-state index contributed by atoms with van der Waals surface area (Å²) in [5, 5.41) is 19.0. The van der Waals surface area contributed by atoms with Crippen LogP contribution in [0.1, 0.15) is 32.3 Å². The number of aromatic nitrogens is 2. The van der Waals surface area contributed by atoms with Gasteiger partial charge >= 0.3 is 0 Å². The first-order chi connectivity index (χ1) is 11.2. The van der Waals surface area contributed by atoms with Gasteiger partial charge in [0.25, 0.3) is 0 Å². The normalized spacial score (nSPS) is 32.5. The molecule has 1 aromatic carbocycles. The second-order valence-electron chi connectivity index (χ2n) is 7.29. The van der Waals surface area contributed by atoms with Gasteiger partial charge in [-0.2, -0.15) is 5.10 Å². The van der Waals surface area contributed by atoms with Crippen LogP contribution in [-0.4, -0.2) is 35.0 Å². The van der Waals surface area contributed by atoms with Gasteiger partial charge in [-0.25, -0.2) is 13.1 Å². The summed E-state index contributed by atoms with van der Waals surface area (Å²) in [4.78, 5) is 0. The molecule has 24 heavy (non-hydrogen) atoms. The van der Waals surface area contributed by atoms with Crippen molar-refractivity contribution < 1.29 is 13.5 Å². The van der Waals surface area contributed by atoms with Crippen molar-refractivity contribution in [2.24, 2.45) is 11.8 Å². The number of nitrogens with one attached hydrogen (secondary N) is 2. The quantitative estimate of drug-likeness (QED) is 0.769. The van der Waals surface area contributed by atoms with E-state index in [4.69, 9.17) is 11.6 Å². The summed E-state index contributed by atoms with van der Waals surface area (Å²) in [6.07, 6.45) is 2.76. The first-order valence-corrected chi connectivity index (χ1v) is 10.0. The Morgan fingerprint density at radius 3 is 2.67 bits per heavy atom. The van der Waals surface area contributed by atoms with Crippen LogP contribution < -0.4 is 4.72 Å². The molecule has 0 spiro atoms. The number of hydrogen-bond donors (Lipinski definition) is 3. The minimum atomic E-state index is -3.28. The van der Waals surface area contributed by atoms with Crippen molar-refractivity contribution >= 4 is 32.5 Å². The molecule has 0 radical (unpaired) electrons. The van der Waals surface area contributed by atoms with E-state index in [0.717, 1.165) is 16.5 Å². The summed E-state index contributed by atoms with van der Waals surface area (Å²) in [6.45, 7) is 3.33. The van der Waals surface area contributed by atoms with E-state index in [2.05, 4.69) is 14.9 Å². The molecule has 0 aliphatic heterocycles. The van der Waals surface area contributed by atoms with Crippen molar-refractivity contribution in [3.63, 3.8) is 0 Å². The van der Waals surface area contributed by atoms with Gasteiger partial charge in [0.15, 0.2) is 0 Å². The predicted octanol–water partition coefficient (Wildman–Crippen LogP) is 2.14. The lowest BCUT2D eigenvalue weighted by molar-refractivity contribution is 0.0303. The lowest BCUT2D eigenvalue weighted by Crippen LogP contribution is -2.37. The number of hydrogen-bond acceptors (Lipinski definition) is 4. The molecule has 2 aliphatic rings. The second-order valence-corrected chi connectivity index (χ2v) is 9.99. The third-order valence-corrected chi connectivity index (χ3v) is 7.48. The third-order valence-electron chi connectivity index (χ3n) is 5.42. The molecule has 3 N–H and O–H groups in total. The summed E-state index contributed by atoms with van der Waals surface area (Å²) >= 11 is 6.17. The fourth-order valence-electron chi connectivity index (χ4n) is 3.99. The largest absolute Gasteiger partial charge is 0.385 e. The third kappa shape index (κ3) is 2.45. The summed E-state index contributed by atoms with van der Waals surface area (Å²) in [6, 6.07) is 3.51. The molecular formula is C16H20ClN3O3S. The predicted molar refractivity (Wildman–Crippen MR) is 92.2 cm³/mol. The zero-order chi connectivity index (χ0) is 17.3. The van der Waals surface area contributed by atoms with Crippen LogP contribution in [0.25, 0.3) is 10.9 Å². The fraction of sp³-hybridized carbons (Fsp3) is 0.562. The number of H-pyrrole nitrogens is 1. The van der Waals surface area contributed by atoms with Crippen LogP contribution in [-0.2, 0) is 15.6 Å². The van der Waals surface area contributed by atoms with E-state index in [1.807, 2.05) is 0 Å². The SMILES string of the molecule is CC(C)S(=O)(=O)N[C@H]1[C@@H]2C[C@](O)(c3cc(Cl)cc4[nH]ncc34)C[C@@H]21. The molecule has 2 fully saturated rings. The molecule has 0 unspecified atom stereocenters. The highest BCUT2D eigenvalue weighted by atomic mass is 35.5. The van der Waals surface area contributed by atoms with Crippen LogP contribution in [0.5, 0.6) is 0 Å². The Labute approximate surface area is 145 Å². The zero-order valence-electron chi connectivity index (χ0n) is 13.5. The highest BCUT2D eigenvalue weighted by molar-refractivity contribution is 7.90. The molecule has 2 aromatic rings. The topological polar surface area (TPSA) is 95.1 Å². The van der Waals surface area contributed by atoms with Gasteiger partial charge in [0.05, 0.1) is 22.6 Å². The van der Waals surface area contributed by atoms with Crippen molar-refractivity contribution in [1.29, 1.82) is 0 Å². The van der Waals surface area contributed by atoms with Crippen LogP contribution in [0.2, 0.25) is 5.02 Å². The van der Waals surface area contributed by atoms with Crippen LogP contribution in [0.15, 0.2) is 18.3 Å². The van der Waals surface area contributed by atoms with E-state index in [9.17, 15) is 13.5 Å². The van der Waals surface area contributed by atoms with Crippen molar-refractivity contribution in [3.8, 4) is 0 Å². The second kappa shape index (κ2) is 5.17. The van der Waals surface area contributed by atoms with Crippen molar-refractivity contribution in [2.75, 3.05) is 0 Å². The van der Waals surface area contributed by atoms with Crippen molar-refractivity contribution in [2.45, 2.75) is 43.6 Å². The van der Waals surface area contributed by atoms with Crippen molar-refractivity contribution in [1.82, 2.24) is 14.9 Å². The molecule has 6 nitrogen and oxygen atoms in total. The van der Waals surface area contributed by atoms with Gasteiger partial charge in [-0.3, -0.25) is 5.10 Å². The number of halogens is 1. The smallest absolute Gasteiger partial charge is 0.214 e. The zero-order valence-corrected chi connectivity index (χ0v) is 15.0. The van der Waals surface area contributed by atoms with Gasteiger partial charge < -0.3 is 5.11 Å². The molecule has 4 atom stereocenters. The van der Waals surface area contributed by atoms with Gasteiger partial charge in [-0.1, -0.05) is 11.6 Å². The minimum Gasteiger partial charge on any atom is -0.385 e. The highest BCUT2D eigenvalue weighted by Crippen LogP contribution is 2.60.